The van der Waals surface area contributed by atoms with Gasteiger partial charge in [-0.3, -0.25) is 0 Å². The predicted molar refractivity (Wildman–Crippen MR) is 16.6 cm³/mol. The van der Waals surface area contributed by atoms with E-state index in [9.17, 15) is 4.79 Å². The SMILES string of the molecule is [2H]COC(N)=O. The Morgan fingerprint density at radius 3 is 3.00 bits per heavy atom. The lowest BCUT2D eigenvalue weighted by atomic mass is 11.3. The third kappa shape index (κ3) is 3.27. The number of carbonyl (C=O) groups is 1. The fourth-order valence-corrected chi connectivity index (χ4v) is 0. The molecule has 0 aliphatic rings. The first-order valence-electron chi connectivity index (χ1n) is 1.69. The van der Waals surface area contributed by atoms with Gasteiger partial charge in [-0.2, -0.15) is 0 Å². The summed E-state index contributed by atoms with van der Waals surface area (Å²) in [4.78, 5) is 9.48. The minimum absolute atomic E-state index is 0.394. The predicted octanol–water partition coefficient (Wildman–Crippen LogP) is -0.288. The molecule has 0 rings (SSSR count). The van der Waals surface area contributed by atoms with Crippen molar-refractivity contribution in [2.24, 2.45) is 5.73 Å². The van der Waals surface area contributed by atoms with Crippen molar-refractivity contribution in [3.05, 3.63) is 0 Å². The van der Waals surface area contributed by atoms with Crippen molar-refractivity contribution in [3.8, 4) is 0 Å². The number of hydrogen-bond acceptors (Lipinski definition) is 2. The first-order chi connectivity index (χ1) is 2.77. The molecule has 0 aromatic carbocycles. The van der Waals surface area contributed by atoms with Crippen LogP contribution in [0, 0.1) is 0 Å². The molecule has 0 unspecified atom stereocenters. The van der Waals surface area contributed by atoms with Gasteiger partial charge in [0.2, 0.25) is 0 Å². The van der Waals surface area contributed by atoms with Crippen LogP contribution in [0.4, 0.5) is 4.79 Å². The lowest BCUT2D eigenvalue weighted by molar-refractivity contribution is 0.182. The Kier molecular flexibility index (Phi) is 0.789. The summed E-state index contributed by atoms with van der Waals surface area (Å²) in [7, 11) is -0.394. The minimum atomic E-state index is -0.898. The largest absolute Gasteiger partial charge is 0.453 e. The molecule has 0 spiro atoms. The highest BCUT2D eigenvalue weighted by atomic mass is 16.5. The summed E-state index contributed by atoms with van der Waals surface area (Å²) in [5, 5.41) is 0. The molecule has 0 aliphatic carbocycles. The van der Waals surface area contributed by atoms with Crippen LogP contribution >= 0.6 is 0 Å². The van der Waals surface area contributed by atoms with Gasteiger partial charge in [0.1, 0.15) is 0 Å². The van der Waals surface area contributed by atoms with E-state index in [1.54, 1.807) is 0 Å². The zero-order valence-electron chi connectivity index (χ0n) is 3.60. The lowest BCUT2D eigenvalue weighted by Gasteiger charge is -1.81. The highest BCUT2D eigenvalue weighted by molar-refractivity contribution is 5.64. The lowest BCUT2D eigenvalue weighted by Crippen LogP contribution is -2.08. The van der Waals surface area contributed by atoms with Crippen LogP contribution in [-0.4, -0.2) is 13.2 Å². The number of methoxy groups -OCH3 is 1. The number of ether oxygens (including phenoxy) is 1. The summed E-state index contributed by atoms with van der Waals surface area (Å²) in [6.07, 6.45) is -0.898. The smallest absolute Gasteiger partial charge is 0.404 e. The molecule has 0 aliphatic heterocycles. The van der Waals surface area contributed by atoms with Crippen LogP contribution in [0.3, 0.4) is 0 Å². The average Bonchev–Trinajstić information content (AvgIpc) is 1.35. The molecule has 0 radical (unpaired) electrons. The topological polar surface area (TPSA) is 52.3 Å². The first kappa shape index (κ1) is 2.50. The molecular weight excluding hydrogens is 70.0 g/mol. The Hall–Kier alpha value is -0.730. The first-order valence-corrected chi connectivity index (χ1v) is 0.986. The van der Waals surface area contributed by atoms with Gasteiger partial charge < -0.3 is 10.5 Å². The molecule has 1 amide bonds. The van der Waals surface area contributed by atoms with E-state index in [0.29, 0.717) is 0 Å². The summed E-state index contributed by atoms with van der Waals surface area (Å²) >= 11 is 0. The van der Waals surface area contributed by atoms with Gasteiger partial charge >= 0.3 is 6.09 Å². The van der Waals surface area contributed by atoms with E-state index in [4.69, 9.17) is 1.37 Å². The second-order valence-corrected chi connectivity index (χ2v) is 0.463. The van der Waals surface area contributed by atoms with E-state index in [0.717, 1.165) is 0 Å². The monoisotopic (exact) mass is 76.0 g/mol. The Labute approximate surface area is 31.1 Å². The molecule has 30 valence electrons. The van der Waals surface area contributed by atoms with E-state index in [2.05, 4.69) is 10.5 Å². The van der Waals surface area contributed by atoms with E-state index in [1.807, 2.05) is 0 Å². The van der Waals surface area contributed by atoms with Gasteiger partial charge in [0.25, 0.3) is 0 Å². The van der Waals surface area contributed by atoms with E-state index in [1.165, 1.54) is 0 Å². The van der Waals surface area contributed by atoms with Gasteiger partial charge in [-0.05, 0) is 0 Å². The van der Waals surface area contributed by atoms with Gasteiger partial charge in [-0.25, -0.2) is 4.79 Å². The summed E-state index contributed by atoms with van der Waals surface area (Å²) < 4.78 is 10.1. The maximum atomic E-state index is 9.48. The summed E-state index contributed by atoms with van der Waals surface area (Å²) in [5.74, 6) is 0. The molecule has 3 heteroatoms. The molecule has 0 fully saturated rings. The number of hydrogen-bond donors (Lipinski definition) is 1. The third-order valence-electron chi connectivity index (χ3n) is 0.142. The van der Waals surface area contributed by atoms with Gasteiger partial charge in [0.05, 0.1) is 8.46 Å². The van der Waals surface area contributed by atoms with Crippen molar-refractivity contribution >= 4 is 6.09 Å². The van der Waals surface area contributed by atoms with Crippen LogP contribution in [0.15, 0.2) is 0 Å². The molecule has 0 saturated carbocycles. The van der Waals surface area contributed by atoms with Crippen LogP contribution in [0.2, 0.25) is 0 Å². The Morgan fingerprint density at radius 2 is 3.00 bits per heavy atom. The molecule has 0 heterocycles. The zero-order valence-corrected chi connectivity index (χ0v) is 2.60. The number of rotatable bonds is 0. The maximum absolute atomic E-state index is 9.48. The van der Waals surface area contributed by atoms with Crippen molar-refractivity contribution in [2.45, 2.75) is 0 Å². The van der Waals surface area contributed by atoms with Crippen molar-refractivity contribution < 1.29 is 10.9 Å². The van der Waals surface area contributed by atoms with Crippen molar-refractivity contribution in [1.29, 1.82) is 0 Å². The molecule has 3 nitrogen and oxygen atoms in total. The van der Waals surface area contributed by atoms with Crippen LogP contribution in [0.1, 0.15) is 1.37 Å². The van der Waals surface area contributed by atoms with Gasteiger partial charge in [0, 0.05) is 0 Å². The molecule has 5 heavy (non-hydrogen) atoms. The van der Waals surface area contributed by atoms with Crippen LogP contribution in [0.25, 0.3) is 0 Å². The van der Waals surface area contributed by atoms with Crippen molar-refractivity contribution in [2.75, 3.05) is 7.09 Å². The normalized spacial score (nSPS) is 9.20. The summed E-state index contributed by atoms with van der Waals surface area (Å²) in [6.45, 7) is 0. The number of primary amides is 1. The molecule has 0 bridgehead atoms. The molecule has 0 saturated heterocycles. The van der Waals surface area contributed by atoms with Gasteiger partial charge in [0.15, 0.2) is 0 Å². The van der Waals surface area contributed by atoms with Crippen molar-refractivity contribution in [3.63, 3.8) is 0 Å². The Morgan fingerprint density at radius 1 is 2.40 bits per heavy atom. The van der Waals surface area contributed by atoms with Crippen LogP contribution in [-0.2, 0) is 4.74 Å². The Bertz CT molecular complexity index is 55.5. The quantitative estimate of drug-likeness (QED) is 0.431. The fraction of sp³-hybridized carbons (Fsp3) is 0.500. The minimum Gasteiger partial charge on any atom is -0.453 e. The highest BCUT2D eigenvalue weighted by Crippen LogP contribution is 1.55. The van der Waals surface area contributed by atoms with E-state index in [-0.39, 0.29) is 0 Å². The standard InChI is InChI=1S/C2H5NO2/c1-5-2(3)4/h1H3,(H2,3,4)/i1D. The Balaban J connectivity index is 2.83. The van der Waals surface area contributed by atoms with Crippen molar-refractivity contribution in [1.82, 2.24) is 0 Å². The number of nitrogens with two attached hydrogens (primary N) is 1. The van der Waals surface area contributed by atoms with Crippen LogP contribution in [0.5, 0.6) is 0 Å². The second kappa shape index (κ2) is 1.58. The maximum Gasteiger partial charge on any atom is 0.404 e. The van der Waals surface area contributed by atoms with Crippen LogP contribution < -0.4 is 5.73 Å². The molecule has 0 atom stereocenters. The number of carbonyl (C=O) groups excluding carboxylic acids is 1. The molecule has 0 aromatic heterocycles. The average molecular weight is 76.1 g/mol. The van der Waals surface area contributed by atoms with E-state index >= 15 is 0 Å². The number of amides is 1. The third-order valence-corrected chi connectivity index (χ3v) is 0.142. The highest BCUT2D eigenvalue weighted by Gasteiger charge is 1.76. The summed E-state index contributed by atoms with van der Waals surface area (Å²) in [6, 6.07) is 0. The second-order valence-electron chi connectivity index (χ2n) is 0.463. The summed E-state index contributed by atoms with van der Waals surface area (Å²) in [5.41, 5.74) is 4.42. The molecule has 2 N–H and O–H groups in total. The zero-order chi connectivity index (χ0) is 4.99. The molecule has 0 aromatic rings. The fourth-order valence-electron chi connectivity index (χ4n) is 0. The van der Waals surface area contributed by atoms with E-state index < -0.39 is 13.2 Å². The van der Waals surface area contributed by atoms with Gasteiger partial charge in [-0.1, -0.05) is 0 Å². The molecular formula is C2H5NO2. The van der Waals surface area contributed by atoms with Gasteiger partial charge in [-0.15, -0.1) is 0 Å².